The Morgan fingerprint density at radius 1 is 0.380 bits per heavy atom. The maximum absolute atomic E-state index is 14.9. The first-order valence-electron chi connectivity index (χ1n) is 19.3. The molecule has 4 atom stereocenters. The molecule has 4 aliphatic carbocycles. The molecule has 0 spiro atoms. The van der Waals surface area contributed by atoms with Crippen LogP contribution in [-0.2, 0) is 47.7 Å². The van der Waals surface area contributed by atoms with Gasteiger partial charge >= 0.3 is 23.9 Å². The van der Waals surface area contributed by atoms with Gasteiger partial charge in [-0.15, -0.1) is 0 Å². The van der Waals surface area contributed by atoms with E-state index in [0.29, 0.717) is 0 Å². The summed E-state index contributed by atoms with van der Waals surface area (Å²) in [6.45, 7) is 4.57. The molecule has 12 nitrogen and oxygen atoms in total. The third-order valence-corrected chi connectivity index (χ3v) is 11.0. The van der Waals surface area contributed by atoms with E-state index in [4.69, 9.17) is 18.9 Å². The van der Waals surface area contributed by atoms with Gasteiger partial charge in [0.25, 0.3) is 11.8 Å². The van der Waals surface area contributed by atoms with Gasteiger partial charge in [0.15, 0.2) is 12.2 Å². The number of ether oxygens (including phenoxy) is 4. The molecule has 4 unspecified atom stereocenters. The highest BCUT2D eigenvalue weighted by Crippen LogP contribution is 2.35. The normalized spacial score (nSPS) is 22.2. The number of nitrogens with zero attached hydrogens (tertiary/aromatic N) is 2. The van der Waals surface area contributed by atoms with Gasteiger partial charge in [-0.1, -0.05) is 77.0 Å². The average Bonchev–Trinajstić information content (AvgIpc) is 3.09. The minimum atomic E-state index is -1.77. The summed E-state index contributed by atoms with van der Waals surface area (Å²) in [5.74, 6) is -4.43. The molecular weight excluding hydrogens is 644 g/mol. The summed E-state index contributed by atoms with van der Waals surface area (Å²) in [6, 6.07) is -0.439. The van der Waals surface area contributed by atoms with Gasteiger partial charge in [-0.3, -0.25) is 28.8 Å². The van der Waals surface area contributed by atoms with Crippen LogP contribution in [0.15, 0.2) is 0 Å². The quantitative estimate of drug-likeness (QED) is 0.173. The van der Waals surface area contributed by atoms with Crippen molar-refractivity contribution in [1.82, 2.24) is 9.80 Å². The van der Waals surface area contributed by atoms with E-state index in [9.17, 15) is 28.8 Å². The Morgan fingerprint density at radius 2 is 0.600 bits per heavy atom. The van der Waals surface area contributed by atoms with Crippen molar-refractivity contribution in [1.29, 1.82) is 0 Å². The molecule has 0 radical (unpaired) electrons. The van der Waals surface area contributed by atoms with E-state index in [-0.39, 0.29) is 24.2 Å². The van der Waals surface area contributed by atoms with Gasteiger partial charge in [-0.05, 0) is 51.4 Å². The Morgan fingerprint density at radius 3 is 0.800 bits per heavy atom. The smallest absolute Gasteiger partial charge is 0.303 e. The fourth-order valence-corrected chi connectivity index (χ4v) is 8.91. The van der Waals surface area contributed by atoms with E-state index in [1.807, 2.05) is 9.80 Å². The van der Waals surface area contributed by atoms with Crippen LogP contribution in [0, 0.1) is 0 Å². The van der Waals surface area contributed by atoms with Gasteiger partial charge in [0.2, 0.25) is 12.2 Å². The molecule has 4 rings (SSSR count). The molecule has 4 fully saturated rings. The van der Waals surface area contributed by atoms with Gasteiger partial charge in [-0.2, -0.15) is 0 Å². The zero-order valence-electron chi connectivity index (χ0n) is 30.7. The second-order valence-electron chi connectivity index (χ2n) is 14.9. The van der Waals surface area contributed by atoms with Crippen LogP contribution in [0.5, 0.6) is 0 Å². The first-order valence-corrected chi connectivity index (χ1v) is 19.3. The highest BCUT2D eigenvalue weighted by molar-refractivity contribution is 5.88. The fourth-order valence-electron chi connectivity index (χ4n) is 8.91. The van der Waals surface area contributed by atoms with Crippen LogP contribution >= 0.6 is 0 Å². The third-order valence-electron chi connectivity index (χ3n) is 11.0. The fraction of sp³-hybridized carbons (Fsp3) is 0.842. The molecule has 2 amide bonds. The van der Waals surface area contributed by atoms with Crippen molar-refractivity contribution in [3.05, 3.63) is 0 Å². The van der Waals surface area contributed by atoms with Gasteiger partial charge in [0, 0.05) is 51.9 Å². The highest BCUT2D eigenvalue weighted by Gasteiger charge is 2.53. The second kappa shape index (κ2) is 19.4. The molecule has 0 aliphatic heterocycles. The molecule has 0 saturated heterocycles. The Labute approximate surface area is 297 Å². The summed E-state index contributed by atoms with van der Waals surface area (Å²) in [5, 5.41) is 0. The molecule has 0 aromatic carbocycles. The third kappa shape index (κ3) is 10.9. The van der Waals surface area contributed by atoms with Crippen molar-refractivity contribution in [2.24, 2.45) is 0 Å². The predicted octanol–water partition coefficient (Wildman–Crippen LogP) is 5.70. The molecule has 4 saturated carbocycles. The predicted molar refractivity (Wildman–Crippen MR) is 183 cm³/mol. The molecule has 4 aliphatic rings. The number of rotatable bonds is 13. The van der Waals surface area contributed by atoms with Crippen LogP contribution in [0.2, 0.25) is 0 Å². The van der Waals surface area contributed by atoms with Crippen LogP contribution in [0.1, 0.15) is 156 Å². The monoisotopic (exact) mass is 704 g/mol. The Kier molecular flexibility index (Phi) is 15.4. The van der Waals surface area contributed by atoms with Gasteiger partial charge in [0.05, 0.1) is 0 Å². The lowest BCUT2D eigenvalue weighted by Crippen LogP contribution is -2.63. The summed E-state index contributed by atoms with van der Waals surface area (Å²) in [5.41, 5.74) is 0. The standard InChI is InChI=1S/C38H60N2O10/c1-25(41)47-33(35(49-27(3)43)37(45)39(29-17-9-5-10-18-29)30-19-11-6-12-20-30)34(48-26(2)42)36(50-28(4)44)38(46)40(31-21-13-7-14-22-31)32-23-15-8-16-24-32/h29-36H,5-24H2,1-4H3. The number of esters is 4. The molecule has 0 heterocycles. The van der Waals surface area contributed by atoms with Crippen molar-refractivity contribution in [3.63, 3.8) is 0 Å². The summed E-state index contributed by atoms with van der Waals surface area (Å²) in [4.78, 5) is 84.8. The summed E-state index contributed by atoms with van der Waals surface area (Å²) >= 11 is 0. The molecule has 0 aromatic rings. The Balaban J connectivity index is 1.82. The largest absolute Gasteiger partial charge is 0.454 e. The second-order valence-corrected chi connectivity index (χ2v) is 14.9. The van der Waals surface area contributed by atoms with E-state index in [1.54, 1.807) is 0 Å². The number of hydrogen-bond acceptors (Lipinski definition) is 10. The lowest BCUT2D eigenvalue weighted by molar-refractivity contribution is -0.206. The molecule has 0 aromatic heterocycles. The van der Waals surface area contributed by atoms with E-state index >= 15 is 0 Å². The van der Waals surface area contributed by atoms with Gasteiger partial charge < -0.3 is 28.7 Å². The number of hydrogen-bond donors (Lipinski definition) is 0. The van der Waals surface area contributed by atoms with E-state index in [1.165, 1.54) is 0 Å². The first kappa shape index (κ1) is 39.6. The molecule has 0 N–H and O–H groups in total. The van der Waals surface area contributed by atoms with Crippen molar-refractivity contribution in [2.75, 3.05) is 0 Å². The van der Waals surface area contributed by atoms with Crippen molar-refractivity contribution < 1.29 is 47.7 Å². The van der Waals surface area contributed by atoms with Crippen LogP contribution < -0.4 is 0 Å². The van der Waals surface area contributed by atoms with Crippen LogP contribution in [-0.4, -0.2) is 94.1 Å². The van der Waals surface area contributed by atoms with Gasteiger partial charge in [-0.25, -0.2) is 0 Å². The van der Waals surface area contributed by atoms with Gasteiger partial charge in [0.1, 0.15) is 0 Å². The molecular formula is C38H60N2O10. The number of amides is 2. The molecule has 0 bridgehead atoms. The minimum absolute atomic E-state index is 0.110. The maximum atomic E-state index is 14.9. The van der Waals surface area contributed by atoms with E-state index in [0.717, 1.165) is 156 Å². The average molecular weight is 705 g/mol. The molecule has 12 heteroatoms. The van der Waals surface area contributed by atoms with E-state index in [2.05, 4.69) is 0 Å². The Hall–Kier alpha value is -3.18. The number of carbonyl (C=O) groups excluding carboxylic acids is 6. The van der Waals surface area contributed by atoms with Crippen molar-refractivity contribution in [2.45, 2.75) is 205 Å². The lowest BCUT2D eigenvalue weighted by atomic mass is 9.86. The van der Waals surface area contributed by atoms with Crippen LogP contribution in [0.25, 0.3) is 0 Å². The highest BCUT2D eigenvalue weighted by atomic mass is 16.6. The van der Waals surface area contributed by atoms with Crippen LogP contribution in [0.3, 0.4) is 0 Å². The lowest BCUT2D eigenvalue weighted by Gasteiger charge is -2.45. The minimum Gasteiger partial charge on any atom is -0.454 e. The Bertz CT molecular complexity index is 1040. The maximum Gasteiger partial charge on any atom is 0.303 e. The van der Waals surface area contributed by atoms with Crippen molar-refractivity contribution in [3.8, 4) is 0 Å². The first-order chi connectivity index (χ1) is 24.0. The number of carbonyl (C=O) groups is 6. The topological polar surface area (TPSA) is 146 Å². The summed E-state index contributed by atoms with van der Waals surface area (Å²) in [7, 11) is 0. The SMILES string of the molecule is CC(=O)OC(C(=O)N(C1CCCCC1)C1CCCCC1)C(OC(C)=O)C(OC(C)=O)C(OC(C)=O)C(=O)N(C1CCCCC1)C1CCCCC1. The molecule has 50 heavy (non-hydrogen) atoms. The van der Waals surface area contributed by atoms with E-state index < -0.39 is 60.1 Å². The van der Waals surface area contributed by atoms with Crippen LogP contribution in [0.4, 0.5) is 0 Å². The zero-order valence-corrected chi connectivity index (χ0v) is 30.7. The summed E-state index contributed by atoms with van der Waals surface area (Å²) < 4.78 is 23.1. The zero-order chi connectivity index (χ0) is 36.2. The summed E-state index contributed by atoms with van der Waals surface area (Å²) in [6.07, 6.45) is 11.1. The van der Waals surface area contributed by atoms with Crippen molar-refractivity contribution >= 4 is 35.7 Å². The molecule has 282 valence electrons.